The molecule has 4 heterocycles. The predicted octanol–water partition coefficient (Wildman–Crippen LogP) is 9.49. The van der Waals surface area contributed by atoms with Gasteiger partial charge in [-0.25, -0.2) is 0 Å². The van der Waals surface area contributed by atoms with Crippen molar-refractivity contribution >= 4 is 106 Å². The minimum atomic E-state index is -0.0403. The summed E-state index contributed by atoms with van der Waals surface area (Å²) in [7, 11) is 0.880. The normalized spacial score (nSPS) is 12.9. The van der Waals surface area contributed by atoms with Crippen LogP contribution in [0.2, 0.25) is 0 Å². The lowest BCUT2D eigenvalue weighted by molar-refractivity contribution is 1.16. The van der Waals surface area contributed by atoms with Gasteiger partial charge in [-0.15, -0.1) is 0 Å². The average Bonchev–Trinajstić information content (AvgIpc) is 3.83. The summed E-state index contributed by atoms with van der Waals surface area (Å²) in [6.45, 7) is -0.0403. The van der Waals surface area contributed by atoms with Crippen molar-refractivity contribution in [1.29, 1.82) is 0 Å². The first-order valence-corrected chi connectivity index (χ1v) is 20.4. The van der Waals surface area contributed by atoms with E-state index in [0.29, 0.717) is 0 Å². The molecule has 0 amide bonds. The Hall–Kier alpha value is -7.29. The van der Waals surface area contributed by atoms with E-state index in [4.69, 9.17) is 0 Å². The van der Waals surface area contributed by atoms with Gasteiger partial charge in [0.1, 0.15) is 0 Å². The Morgan fingerprint density at radius 3 is 1.57 bits per heavy atom. The molecule has 2 aliphatic heterocycles. The molecule has 0 spiro atoms. The van der Waals surface area contributed by atoms with E-state index >= 15 is 0 Å². The molecule has 14 rings (SSSR count). The van der Waals surface area contributed by atoms with Crippen LogP contribution in [0.15, 0.2) is 188 Å². The second-order valence-electron chi connectivity index (χ2n) is 16.3. The number of nitrogens with zero attached hydrogens (tertiary/aromatic N) is 2. The number of aromatic nitrogens is 2. The molecule has 2 aliphatic rings. The van der Waals surface area contributed by atoms with Crippen LogP contribution in [-0.2, 0) is 0 Å². The van der Waals surface area contributed by atoms with Crippen LogP contribution >= 0.6 is 0 Å². The Labute approximate surface area is 335 Å². The van der Waals surface area contributed by atoms with Crippen molar-refractivity contribution in [3.8, 4) is 33.6 Å². The zero-order valence-corrected chi connectivity index (χ0v) is 31.6. The molecule has 0 saturated carbocycles. The molecule has 12 aromatic rings. The maximum atomic E-state index is 2.70. The first-order chi connectivity index (χ1) is 28.8. The van der Waals surface area contributed by atoms with Crippen LogP contribution in [-0.4, -0.2) is 23.1 Å². The maximum Gasteiger partial charge on any atom is 0.248 e. The molecule has 0 unspecified atom stereocenters. The van der Waals surface area contributed by atoms with Crippen LogP contribution in [0.1, 0.15) is 0 Å². The zero-order chi connectivity index (χ0) is 37.6. The summed E-state index contributed by atoms with van der Waals surface area (Å²) in [5.74, 6) is 0. The summed E-state index contributed by atoms with van der Waals surface area (Å²) in [5, 5.41) is 10.7. The van der Waals surface area contributed by atoms with Gasteiger partial charge in [0.15, 0.2) is 7.28 Å². The van der Waals surface area contributed by atoms with Crippen LogP contribution in [0.25, 0.3) is 98.8 Å². The van der Waals surface area contributed by atoms with E-state index < -0.39 is 0 Å². The van der Waals surface area contributed by atoms with Gasteiger partial charge in [0.05, 0.1) is 11.0 Å². The second-order valence-corrected chi connectivity index (χ2v) is 16.3. The first kappa shape index (κ1) is 30.9. The number of benzene rings is 10. The highest BCUT2D eigenvalue weighted by Crippen LogP contribution is 2.44. The third kappa shape index (κ3) is 3.85. The molecule has 264 valence electrons. The van der Waals surface area contributed by atoms with Gasteiger partial charge in [0.25, 0.3) is 0 Å². The third-order valence-electron chi connectivity index (χ3n) is 13.5. The third-order valence-corrected chi connectivity index (χ3v) is 13.5. The molecule has 0 fully saturated rings. The lowest BCUT2D eigenvalue weighted by Crippen LogP contribution is -2.59. The fraction of sp³-hybridized carbons (Fsp3) is 0. The Kier molecular flexibility index (Phi) is 5.95. The standard InChI is InChI=1S/C54H32B2N2/c1-3-14-32(15-4-1)35-22-13-23-36(33-16-5-2-6-17-33)51(35)56-45-29-27-42-38-19-8-7-18-37(38)41-26-28-43-53-49(41)50(42)54(45)58(53)52-44(55-43)30-34(31-46(52)56)57-47-24-11-9-20-39(47)40-21-10-12-25-48(40)57/h1-31,55H. The van der Waals surface area contributed by atoms with E-state index in [0.717, 1.165) is 7.28 Å². The zero-order valence-electron chi connectivity index (χ0n) is 31.6. The summed E-state index contributed by atoms with van der Waals surface area (Å²) in [5.41, 5.74) is 19.7. The Bertz CT molecular complexity index is 3600. The SMILES string of the molecule is B1c2cc(-n3c4ccccc4c4ccccc43)cc3c2-n2c4c1ccc1c5ccccc5c5ccc(c2c5c14)B3c1c(-c2ccccc2)cccc1-c1ccccc1. The molecule has 58 heavy (non-hydrogen) atoms. The van der Waals surface area contributed by atoms with Gasteiger partial charge in [0.2, 0.25) is 6.71 Å². The van der Waals surface area contributed by atoms with E-state index in [2.05, 4.69) is 197 Å². The van der Waals surface area contributed by atoms with Crippen LogP contribution in [0.5, 0.6) is 0 Å². The molecule has 0 radical (unpaired) electrons. The Morgan fingerprint density at radius 1 is 0.379 bits per heavy atom. The molecule has 0 atom stereocenters. The quantitative estimate of drug-likeness (QED) is 0.126. The van der Waals surface area contributed by atoms with Crippen molar-refractivity contribution in [3.05, 3.63) is 188 Å². The van der Waals surface area contributed by atoms with E-state index in [1.54, 1.807) is 0 Å². The van der Waals surface area contributed by atoms with Crippen LogP contribution in [0, 0.1) is 0 Å². The minimum Gasteiger partial charge on any atom is -0.311 e. The van der Waals surface area contributed by atoms with Crippen molar-refractivity contribution < 1.29 is 0 Å². The number of para-hydroxylation sites is 2. The van der Waals surface area contributed by atoms with Gasteiger partial charge >= 0.3 is 0 Å². The molecule has 0 bridgehead atoms. The van der Waals surface area contributed by atoms with Crippen molar-refractivity contribution in [1.82, 2.24) is 9.13 Å². The highest BCUT2D eigenvalue weighted by atomic mass is 15.0. The number of hydrogen-bond donors (Lipinski definition) is 0. The molecular weight excluding hydrogens is 698 g/mol. The van der Waals surface area contributed by atoms with E-state index in [1.807, 2.05) is 0 Å². The maximum absolute atomic E-state index is 2.70. The van der Waals surface area contributed by atoms with Gasteiger partial charge in [-0.05, 0) is 79.0 Å². The van der Waals surface area contributed by atoms with Crippen LogP contribution < -0.4 is 27.3 Å². The van der Waals surface area contributed by atoms with Gasteiger partial charge in [-0.1, -0.05) is 180 Å². The molecule has 10 aromatic carbocycles. The molecule has 2 aromatic heterocycles. The number of fused-ring (bicyclic) bond motifs is 6. The summed E-state index contributed by atoms with van der Waals surface area (Å²) in [6, 6.07) is 70.7. The van der Waals surface area contributed by atoms with E-state index in [-0.39, 0.29) is 6.71 Å². The fourth-order valence-electron chi connectivity index (χ4n) is 11.3. The van der Waals surface area contributed by atoms with Crippen molar-refractivity contribution in [2.24, 2.45) is 0 Å². The van der Waals surface area contributed by atoms with Gasteiger partial charge in [-0.3, -0.25) is 0 Å². The van der Waals surface area contributed by atoms with E-state index in [1.165, 1.54) is 126 Å². The summed E-state index contributed by atoms with van der Waals surface area (Å²) < 4.78 is 5.21. The first-order valence-electron chi connectivity index (χ1n) is 20.4. The topological polar surface area (TPSA) is 9.86 Å². The summed E-state index contributed by atoms with van der Waals surface area (Å²) >= 11 is 0. The fourth-order valence-corrected chi connectivity index (χ4v) is 11.3. The highest BCUT2D eigenvalue weighted by molar-refractivity contribution is 7.00. The lowest BCUT2D eigenvalue weighted by Gasteiger charge is -2.34. The largest absolute Gasteiger partial charge is 0.311 e. The van der Waals surface area contributed by atoms with Crippen molar-refractivity contribution in [2.75, 3.05) is 0 Å². The smallest absolute Gasteiger partial charge is 0.248 e. The Balaban J connectivity index is 1.20. The number of rotatable bonds is 4. The predicted molar refractivity (Wildman–Crippen MR) is 250 cm³/mol. The average molecular weight is 730 g/mol. The molecule has 0 saturated heterocycles. The van der Waals surface area contributed by atoms with Gasteiger partial charge in [0, 0.05) is 44.0 Å². The highest BCUT2D eigenvalue weighted by Gasteiger charge is 2.41. The molecular formula is C54H32B2N2. The van der Waals surface area contributed by atoms with Crippen molar-refractivity contribution in [2.45, 2.75) is 0 Å². The Morgan fingerprint density at radius 2 is 0.931 bits per heavy atom. The van der Waals surface area contributed by atoms with Crippen LogP contribution in [0.3, 0.4) is 0 Å². The molecule has 0 N–H and O–H groups in total. The number of hydrogen-bond acceptors (Lipinski definition) is 0. The van der Waals surface area contributed by atoms with Crippen molar-refractivity contribution in [3.63, 3.8) is 0 Å². The second kappa shape index (κ2) is 11.2. The van der Waals surface area contributed by atoms with Gasteiger partial charge in [-0.2, -0.15) is 0 Å². The molecule has 4 heteroatoms. The molecule has 0 aliphatic carbocycles. The monoisotopic (exact) mass is 730 g/mol. The van der Waals surface area contributed by atoms with Crippen LogP contribution in [0.4, 0.5) is 0 Å². The molecule has 2 nitrogen and oxygen atoms in total. The summed E-state index contributed by atoms with van der Waals surface area (Å²) in [4.78, 5) is 0. The summed E-state index contributed by atoms with van der Waals surface area (Å²) in [6.07, 6.45) is 0. The van der Waals surface area contributed by atoms with Gasteiger partial charge < -0.3 is 9.13 Å². The lowest BCUT2D eigenvalue weighted by atomic mass is 9.33. The van der Waals surface area contributed by atoms with E-state index in [9.17, 15) is 0 Å². The minimum absolute atomic E-state index is 0.0403.